The van der Waals surface area contributed by atoms with Crippen molar-refractivity contribution >= 4 is 28.1 Å². The molecule has 2 aliphatic heterocycles. The average Bonchev–Trinajstić information content (AvgIpc) is 3.45. The van der Waals surface area contributed by atoms with E-state index in [1.807, 2.05) is 35.9 Å². The second-order valence-corrected chi connectivity index (χ2v) is 12.2. The lowest BCUT2D eigenvalue weighted by atomic mass is 9.58. The molecule has 1 aliphatic carbocycles. The summed E-state index contributed by atoms with van der Waals surface area (Å²) in [6.45, 7) is 7.36. The van der Waals surface area contributed by atoms with Crippen LogP contribution < -0.4 is 4.90 Å². The van der Waals surface area contributed by atoms with Crippen molar-refractivity contribution < 1.29 is 9.18 Å². The molecule has 3 aromatic carbocycles. The van der Waals surface area contributed by atoms with E-state index in [9.17, 15) is 4.79 Å². The fourth-order valence-corrected chi connectivity index (χ4v) is 7.45. The highest BCUT2D eigenvalue weighted by atomic mass is 19.1. The zero-order valence-electron chi connectivity index (χ0n) is 22.8. The Morgan fingerprint density at radius 1 is 1.08 bits per heavy atom. The van der Waals surface area contributed by atoms with Crippen LogP contribution in [0.5, 0.6) is 0 Å². The fraction of sp³-hybridized carbons (Fsp3) is 0.406. The zero-order valence-corrected chi connectivity index (χ0v) is 22.8. The number of piperidine rings is 1. The van der Waals surface area contributed by atoms with Gasteiger partial charge in [-0.2, -0.15) is 0 Å². The molecule has 39 heavy (non-hydrogen) atoms. The minimum Gasteiger partial charge on any atom is -0.320 e. The van der Waals surface area contributed by atoms with Crippen LogP contribution in [0, 0.1) is 17.7 Å². The minimum absolute atomic E-state index is 0.0960. The van der Waals surface area contributed by atoms with Gasteiger partial charge in [0, 0.05) is 36.6 Å². The number of halogens is 1. The molecule has 3 aliphatic rings. The maximum atomic E-state index is 15.2. The standard InChI is InChI=1S/C32H34FN5O/c1-20-6-5-11-37(17-20)18-22-12-25-27(33)9-10-28-29(25)26(13-22)30(39)38(28)24-8-4-7-23(14-24)32(15-21(2)16-32)31-35-34-19-36(31)3/h4,7-10,12-14,19-21H,5-6,11,15-18H2,1-3H3/t20-,21?,32?/m0/s1. The molecule has 7 rings (SSSR count). The predicted octanol–water partition coefficient (Wildman–Crippen LogP) is 6.35. The van der Waals surface area contributed by atoms with E-state index in [1.165, 1.54) is 18.9 Å². The number of carbonyl (C=O) groups is 1. The van der Waals surface area contributed by atoms with E-state index in [0.29, 0.717) is 28.2 Å². The number of nitrogens with zero attached hydrogens (tertiary/aromatic N) is 5. The number of amides is 1. The van der Waals surface area contributed by atoms with E-state index < -0.39 is 0 Å². The normalized spacial score (nSPS) is 24.9. The summed E-state index contributed by atoms with van der Waals surface area (Å²) in [5.41, 5.74) is 4.04. The van der Waals surface area contributed by atoms with Gasteiger partial charge in [-0.05, 0) is 91.6 Å². The number of aromatic nitrogens is 3. The van der Waals surface area contributed by atoms with Gasteiger partial charge in [0.1, 0.15) is 18.0 Å². The molecule has 1 aromatic heterocycles. The van der Waals surface area contributed by atoms with Crippen LogP contribution in [0.15, 0.2) is 54.9 Å². The van der Waals surface area contributed by atoms with Gasteiger partial charge in [-0.25, -0.2) is 4.39 Å². The molecular weight excluding hydrogens is 489 g/mol. The van der Waals surface area contributed by atoms with E-state index in [2.05, 4.69) is 41.1 Å². The lowest BCUT2D eigenvalue weighted by molar-refractivity contribution is 0.100. The molecule has 3 heterocycles. The maximum absolute atomic E-state index is 15.2. The van der Waals surface area contributed by atoms with E-state index >= 15 is 4.39 Å². The van der Waals surface area contributed by atoms with Gasteiger partial charge in [0.2, 0.25) is 0 Å². The molecule has 1 amide bonds. The zero-order chi connectivity index (χ0) is 26.9. The summed E-state index contributed by atoms with van der Waals surface area (Å²) < 4.78 is 17.2. The monoisotopic (exact) mass is 523 g/mol. The van der Waals surface area contributed by atoms with E-state index in [1.54, 1.807) is 17.3 Å². The highest BCUT2D eigenvalue weighted by Gasteiger charge is 2.48. The quantitative estimate of drug-likeness (QED) is 0.306. The molecule has 1 atom stereocenters. The molecule has 0 radical (unpaired) electrons. The maximum Gasteiger partial charge on any atom is 0.263 e. The third-order valence-corrected chi connectivity index (χ3v) is 9.11. The molecule has 0 unspecified atom stereocenters. The molecule has 1 saturated heterocycles. The Morgan fingerprint density at radius 2 is 1.92 bits per heavy atom. The highest BCUT2D eigenvalue weighted by Crippen LogP contribution is 2.52. The van der Waals surface area contributed by atoms with Crippen molar-refractivity contribution in [3.63, 3.8) is 0 Å². The molecule has 0 N–H and O–H groups in total. The summed E-state index contributed by atoms with van der Waals surface area (Å²) in [5.74, 6) is 1.82. The summed E-state index contributed by atoms with van der Waals surface area (Å²) in [6.07, 6.45) is 6.15. The SMILES string of the molecule is CC1CC(c2cccc(N3C(=O)c4cc(CN5CCC[C@H](C)C5)cc5c(F)ccc3c45)c2)(c2nncn2C)C1. The van der Waals surface area contributed by atoms with Gasteiger partial charge in [0.15, 0.2) is 0 Å². The second-order valence-electron chi connectivity index (χ2n) is 12.2. The largest absolute Gasteiger partial charge is 0.320 e. The van der Waals surface area contributed by atoms with Gasteiger partial charge >= 0.3 is 0 Å². The van der Waals surface area contributed by atoms with Crippen LogP contribution in [0.25, 0.3) is 10.8 Å². The van der Waals surface area contributed by atoms with Crippen molar-refractivity contribution in [2.45, 2.75) is 51.5 Å². The van der Waals surface area contributed by atoms with Crippen molar-refractivity contribution in [3.8, 4) is 0 Å². The van der Waals surface area contributed by atoms with Crippen molar-refractivity contribution in [3.05, 3.63) is 83.2 Å². The first-order valence-electron chi connectivity index (χ1n) is 14.1. The Bertz CT molecular complexity index is 1600. The first-order chi connectivity index (χ1) is 18.8. The third-order valence-electron chi connectivity index (χ3n) is 9.11. The van der Waals surface area contributed by atoms with Crippen LogP contribution in [-0.4, -0.2) is 38.7 Å². The molecule has 0 spiro atoms. The van der Waals surface area contributed by atoms with E-state index in [0.717, 1.165) is 60.8 Å². The number of rotatable bonds is 5. The van der Waals surface area contributed by atoms with Crippen LogP contribution in [-0.2, 0) is 19.0 Å². The van der Waals surface area contributed by atoms with Gasteiger partial charge < -0.3 is 4.57 Å². The molecule has 1 saturated carbocycles. The van der Waals surface area contributed by atoms with Gasteiger partial charge in [-0.1, -0.05) is 26.0 Å². The van der Waals surface area contributed by atoms with Gasteiger partial charge in [-0.15, -0.1) is 10.2 Å². The second kappa shape index (κ2) is 8.98. The van der Waals surface area contributed by atoms with E-state index in [4.69, 9.17) is 0 Å². The van der Waals surface area contributed by atoms with Crippen molar-refractivity contribution in [2.24, 2.45) is 18.9 Å². The highest BCUT2D eigenvalue weighted by molar-refractivity contribution is 6.28. The van der Waals surface area contributed by atoms with Crippen molar-refractivity contribution in [1.29, 1.82) is 0 Å². The number of likely N-dealkylation sites (tertiary alicyclic amines) is 1. The fourth-order valence-electron chi connectivity index (χ4n) is 7.45. The Balaban J connectivity index is 1.29. The summed E-state index contributed by atoms with van der Waals surface area (Å²) in [4.78, 5) is 18.2. The van der Waals surface area contributed by atoms with Gasteiger partial charge in [0.05, 0.1) is 16.7 Å². The lowest BCUT2D eigenvalue weighted by Gasteiger charge is -2.46. The molecule has 6 nitrogen and oxygen atoms in total. The lowest BCUT2D eigenvalue weighted by Crippen LogP contribution is -2.43. The Hall–Kier alpha value is -3.58. The van der Waals surface area contributed by atoms with Crippen molar-refractivity contribution in [1.82, 2.24) is 19.7 Å². The molecule has 200 valence electrons. The molecular formula is C32H34FN5O. The first-order valence-corrected chi connectivity index (χ1v) is 14.1. The predicted molar refractivity (Wildman–Crippen MR) is 151 cm³/mol. The number of anilines is 2. The number of hydrogen-bond donors (Lipinski definition) is 0. The summed E-state index contributed by atoms with van der Waals surface area (Å²) in [7, 11) is 1.99. The molecule has 7 heteroatoms. The molecule has 0 bridgehead atoms. The summed E-state index contributed by atoms with van der Waals surface area (Å²) in [6, 6.07) is 15.4. The van der Waals surface area contributed by atoms with Crippen LogP contribution in [0.1, 0.15) is 66.8 Å². The third kappa shape index (κ3) is 3.81. The number of carbonyl (C=O) groups excluding carboxylic acids is 1. The van der Waals surface area contributed by atoms with Crippen LogP contribution in [0.4, 0.5) is 15.8 Å². The number of hydrogen-bond acceptors (Lipinski definition) is 4. The summed E-state index contributed by atoms with van der Waals surface area (Å²) >= 11 is 0. The topological polar surface area (TPSA) is 54.3 Å². The molecule has 4 aromatic rings. The van der Waals surface area contributed by atoms with Crippen LogP contribution >= 0.6 is 0 Å². The first kappa shape index (κ1) is 24.5. The van der Waals surface area contributed by atoms with Crippen LogP contribution in [0.2, 0.25) is 0 Å². The summed E-state index contributed by atoms with van der Waals surface area (Å²) in [5, 5.41) is 9.88. The average molecular weight is 524 g/mol. The Morgan fingerprint density at radius 3 is 2.67 bits per heavy atom. The number of aryl methyl sites for hydroxylation is 1. The number of benzene rings is 3. The Labute approximate surface area is 228 Å². The Kier molecular flexibility index (Phi) is 5.63. The van der Waals surface area contributed by atoms with E-state index in [-0.39, 0.29) is 17.1 Å². The van der Waals surface area contributed by atoms with Gasteiger partial charge in [-0.3, -0.25) is 14.6 Å². The molecule has 2 fully saturated rings. The minimum atomic E-state index is -0.281. The van der Waals surface area contributed by atoms with Gasteiger partial charge in [0.25, 0.3) is 5.91 Å². The van der Waals surface area contributed by atoms with Crippen molar-refractivity contribution in [2.75, 3.05) is 18.0 Å². The van der Waals surface area contributed by atoms with Crippen LogP contribution in [0.3, 0.4) is 0 Å². The smallest absolute Gasteiger partial charge is 0.263 e.